The summed E-state index contributed by atoms with van der Waals surface area (Å²) >= 11 is 7.43. The molecule has 0 aliphatic heterocycles. The molecule has 0 aliphatic rings. The molecule has 0 radical (unpaired) electrons. The summed E-state index contributed by atoms with van der Waals surface area (Å²) < 4.78 is 12.7. The molecule has 0 saturated heterocycles. The number of benzene rings is 2. The van der Waals surface area contributed by atoms with Gasteiger partial charge < -0.3 is 5.32 Å². The van der Waals surface area contributed by atoms with Gasteiger partial charge in [0.05, 0.1) is 5.75 Å². The van der Waals surface area contributed by atoms with Crippen molar-refractivity contribution in [1.29, 1.82) is 0 Å². The van der Waals surface area contributed by atoms with Crippen molar-refractivity contribution >= 4 is 29.3 Å². The van der Waals surface area contributed by atoms with Crippen LogP contribution < -0.4 is 5.32 Å². The summed E-state index contributed by atoms with van der Waals surface area (Å²) in [5, 5.41) is 3.51. The number of hydrogen-bond donors (Lipinski definition) is 1. The van der Waals surface area contributed by atoms with Gasteiger partial charge in [-0.15, -0.1) is 11.8 Å². The average Bonchev–Trinajstić information content (AvgIpc) is 2.47. The first-order chi connectivity index (χ1) is 10.1. The zero-order chi connectivity index (χ0) is 15.1. The molecule has 110 valence electrons. The van der Waals surface area contributed by atoms with Crippen molar-refractivity contribution in [2.45, 2.75) is 12.3 Å². The molecule has 0 atom stereocenters. The highest BCUT2D eigenvalue weighted by molar-refractivity contribution is 7.99. The maximum Gasteiger partial charge on any atom is 0.230 e. The minimum absolute atomic E-state index is 0.0358. The number of halogens is 2. The highest BCUT2D eigenvalue weighted by Crippen LogP contribution is 2.16. The van der Waals surface area contributed by atoms with Crippen LogP contribution in [-0.4, -0.2) is 11.7 Å². The van der Waals surface area contributed by atoms with E-state index in [1.807, 2.05) is 24.3 Å². The largest absolute Gasteiger partial charge is 0.351 e. The number of rotatable bonds is 6. The van der Waals surface area contributed by atoms with Crippen LogP contribution in [0.2, 0.25) is 5.02 Å². The lowest BCUT2D eigenvalue weighted by atomic mass is 10.2. The molecule has 0 aliphatic carbocycles. The van der Waals surface area contributed by atoms with Crippen LogP contribution in [0.4, 0.5) is 4.39 Å². The molecule has 21 heavy (non-hydrogen) atoms. The van der Waals surface area contributed by atoms with Gasteiger partial charge in [-0.3, -0.25) is 4.79 Å². The van der Waals surface area contributed by atoms with Crippen LogP contribution >= 0.6 is 23.4 Å². The third-order valence-electron chi connectivity index (χ3n) is 2.79. The van der Waals surface area contributed by atoms with Crippen molar-refractivity contribution < 1.29 is 9.18 Å². The van der Waals surface area contributed by atoms with Crippen molar-refractivity contribution in [1.82, 2.24) is 5.32 Å². The average molecular weight is 324 g/mol. The summed E-state index contributed by atoms with van der Waals surface area (Å²) in [5.41, 5.74) is 1.98. The van der Waals surface area contributed by atoms with Gasteiger partial charge in [-0.25, -0.2) is 4.39 Å². The maximum atomic E-state index is 12.7. The second-order valence-electron chi connectivity index (χ2n) is 4.53. The van der Waals surface area contributed by atoms with Gasteiger partial charge in [-0.05, 0) is 35.4 Å². The Morgan fingerprint density at radius 1 is 1.14 bits per heavy atom. The Labute approximate surface area is 132 Å². The highest BCUT2D eigenvalue weighted by atomic mass is 35.5. The SMILES string of the molecule is O=C(CSCc1cccc(Cl)c1)NCc1ccc(F)cc1. The molecule has 1 amide bonds. The van der Waals surface area contributed by atoms with Gasteiger partial charge in [0, 0.05) is 17.3 Å². The molecule has 0 saturated carbocycles. The molecule has 0 unspecified atom stereocenters. The Hall–Kier alpha value is -1.52. The summed E-state index contributed by atoms with van der Waals surface area (Å²) in [6.45, 7) is 0.414. The molecular formula is C16H15ClFNOS. The fraction of sp³-hybridized carbons (Fsp3) is 0.188. The lowest BCUT2D eigenvalue weighted by molar-refractivity contribution is -0.118. The number of carbonyl (C=O) groups excluding carboxylic acids is 1. The topological polar surface area (TPSA) is 29.1 Å². The molecule has 2 aromatic carbocycles. The molecule has 0 bridgehead atoms. The summed E-state index contributed by atoms with van der Waals surface area (Å²) in [6.07, 6.45) is 0. The van der Waals surface area contributed by atoms with E-state index in [1.165, 1.54) is 23.9 Å². The van der Waals surface area contributed by atoms with Crippen molar-refractivity contribution in [3.63, 3.8) is 0 Å². The lowest BCUT2D eigenvalue weighted by Crippen LogP contribution is -2.24. The number of nitrogens with one attached hydrogen (secondary N) is 1. The van der Waals surface area contributed by atoms with Crippen molar-refractivity contribution in [3.8, 4) is 0 Å². The highest BCUT2D eigenvalue weighted by Gasteiger charge is 2.03. The molecule has 0 aromatic heterocycles. The number of hydrogen-bond acceptors (Lipinski definition) is 2. The van der Waals surface area contributed by atoms with Crippen LogP contribution in [0.1, 0.15) is 11.1 Å². The number of thioether (sulfide) groups is 1. The van der Waals surface area contributed by atoms with E-state index < -0.39 is 0 Å². The lowest BCUT2D eigenvalue weighted by Gasteiger charge is -2.06. The zero-order valence-electron chi connectivity index (χ0n) is 11.3. The molecule has 2 aromatic rings. The fourth-order valence-electron chi connectivity index (χ4n) is 1.74. The van der Waals surface area contributed by atoms with E-state index in [-0.39, 0.29) is 11.7 Å². The van der Waals surface area contributed by atoms with E-state index in [0.717, 1.165) is 16.9 Å². The van der Waals surface area contributed by atoms with Gasteiger partial charge in [0.2, 0.25) is 5.91 Å². The summed E-state index contributed by atoms with van der Waals surface area (Å²) in [6, 6.07) is 13.7. The Balaban J connectivity index is 1.69. The van der Waals surface area contributed by atoms with E-state index in [4.69, 9.17) is 11.6 Å². The molecule has 0 heterocycles. The van der Waals surface area contributed by atoms with Crippen molar-refractivity contribution in [2.75, 3.05) is 5.75 Å². The quantitative estimate of drug-likeness (QED) is 0.869. The fourth-order valence-corrected chi connectivity index (χ4v) is 2.76. The standard InChI is InChI=1S/C16H15ClFNOS/c17-14-3-1-2-13(8-14)10-21-11-16(20)19-9-12-4-6-15(18)7-5-12/h1-8H,9-11H2,(H,19,20). The molecule has 2 nitrogen and oxygen atoms in total. The third kappa shape index (κ3) is 5.78. The van der Waals surface area contributed by atoms with Gasteiger partial charge >= 0.3 is 0 Å². The predicted octanol–water partition coefficient (Wildman–Crippen LogP) is 4.03. The van der Waals surface area contributed by atoms with Gasteiger partial charge in [-0.1, -0.05) is 35.9 Å². The Kier molecular flexibility index (Phi) is 6.08. The van der Waals surface area contributed by atoms with Crippen LogP contribution in [0.15, 0.2) is 48.5 Å². The van der Waals surface area contributed by atoms with E-state index >= 15 is 0 Å². The molecule has 2 rings (SSSR count). The second-order valence-corrected chi connectivity index (χ2v) is 5.95. The van der Waals surface area contributed by atoms with E-state index in [2.05, 4.69) is 5.32 Å². The third-order valence-corrected chi connectivity index (χ3v) is 4.03. The van der Waals surface area contributed by atoms with Crippen LogP contribution in [0.3, 0.4) is 0 Å². The van der Waals surface area contributed by atoms with Gasteiger partial charge in [0.25, 0.3) is 0 Å². The summed E-state index contributed by atoms with van der Waals surface area (Å²) in [4.78, 5) is 11.7. The van der Waals surface area contributed by atoms with Crippen LogP contribution in [-0.2, 0) is 17.1 Å². The van der Waals surface area contributed by atoms with E-state index in [0.29, 0.717) is 17.3 Å². The zero-order valence-corrected chi connectivity index (χ0v) is 12.9. The molecule has 0 fully saturated rings. The van der Waals surface area contributed by atoms with Crippen molar-refractivity contribution in [2.24, 2.45) is 0 Å². The Bertz CT molecular complexity index is 603. The minimum Gasteiger partial charge on any atom is -0.351 e. The van der Waals surface area contributed by atoms with Gasteiger partial charge in [-0.2, -0.15) is 0 Å². The molecule has 0 spiro atoms. The summed E-state index contributed by atoms with van der Waals surface area (Å²) in [7, 11) is 0. The first kappa shape index (κ1) is 15.9. The minimum atomic E-state index is -0.276. The molecule has 1 N–H and O–H groups in total. The molecule has 5 heteroatoms. The molecular weight excluding hydrogens is 309 g/mol. The van der Waals surface area contributed by atoms with Crippen LogP contribution in [0.25, 0.3) is 0 Å². The Morgan fingerprint density at radius 3 is 2.62 bits per heavy atom. The normalized spacial score (nSPS) is 10.4. The number of amides is 1. The van der Waals surface area contributed by atoms with Crippen molar-refractivity contribution in [3.05, 3.63) is 70.5 Å². The first-order valence-corrected chi connectivity index (χ1v) is 8.00. The predicted molar refractivity (Wildman–Crippen MR) is 85.9 cm³/mol. The summed E-state index contributed by atoms with van der Waals surface area (Å²) in [5.74, 6) is 0.812. The maximum absolute atomic E-state index is 12.7. The monoisotopic (exact) mass is 323 g/mol. The Morgan fingerprint density at radius 2 is 1.90 bits per heavy atom. The number of carbonyl (C=O) groups is 1. The second kappa shape index (κ2) is 8.05. The van der Waals surface area contributed by atoms with Crippen LogP contribution in [0, 0.1) is 5.82 Å². The van der Waals surface area contributed by atoms with Gasteiger partial charge in [0.15, 0.2) is 0 Å². The van der Waals surface area contributed by atoms with Gasteiger partial charge in [0.1, 0.15) is 5.82 Å². The smallest absolute Gasteiger partial charge is 0.230 e. The van der Waals surface area contributed by atoms with E-state index in [1.54, 1.807) is 12.1 Å². The van der Waals surface area contributed by atoms with Crippen LogP contribution in [0.5, 0.6) is 0 Å². The van der Waals surface area contributed by atoms with E-state index in [9.17, 15) is 9.18 Å². The first-order valence-electron chi connectivity index (χ1n) is 6.47.